The lowest BCUT2D eigenvalue weighted by molar-refractivity contribution is -0.138. The van der Waals surface area contributed by atoms with Gasteiger partial charge < -0.3 is 4.74 Å². The predicted octanol–water partition coefficient (Wildman–Crippen LogP) is 4.32. The lowest BCUT2D eigenvalue weighted by atomic mass is 9.98. The van der Waals surface area contributed by atoms with Crippen molar-refractivity contribution in [2.75, 3.05) is 0 Å². The molecule has 2 nitrogen and oxygen atoms in total. The first-order valence-corrected chi connectivity index (χ1v) is 6.61. The maximum absolute atomic E-state index is 9.60. The molecule has 16 heavy (non-hydrogen) atoms. The van der Waals surface area contributed by atoms with Crippen LogP contribution in [0.25, 0.3) is 0 Å². The van der Waals surface area contributed by atoms with Crippen molar-refractivity contribution in [3.8, 4) is 0 Å². The van der Waals surface area contributed by atoms with E-state index in [9.17, 15) is 4.79 Å². The lowest BCUT2D eigenvalue weighted by Crippen LogP contribution is -2.17. The summed E-state index contributed by atoms with van der Waals surface area (Å²) >= 11 is 0. The third kappa shape index (κ3) is 10.0. The number of carbonyl (C=O) groups is 1. The first kappa shape index (κ1) is 15.5. The van der Waals surface area contributed by atoms with Crippen molar-refractivity contribution in [1.29, 1.82) is 0 Å². The van der Waals surface area contributed by atoms with Gasteiger partial charge in [-0.3, -0.25) is 4.79 Å². The molecule has 0 aliphatic heterocycles. The predicted molar refractivity (Wildman–Crippen MR) is 68.4 cm³/mol. The highest BCUT2D eigenvalue weighted by Crippen LogP contribution is 2.24. The normalized spacial score (nSPS) is 18.0. The summed E-state index contributed by atoms with van der Waals surface area (Å²) in [4.78, 5) is 9.60. The van der Waals surface area contributed by atoms with Crippen molar-refractivity contribution in [3.63, 3.8) is 0 Å². The molecule has 0 spiro atoms. The SMILES string of the molecule is CC(C)(C)OC=O.CCC1CCCCCC1. The molecular formula is C14H28O2. The second-order valence-corrected chi connectivity index (χ2v) is 5.59. The van der Waals surface area contributed by atoms with E-state index in [4.69, 9.17) is 0 Å². The van der Waals surface area contributed by atoms with Crippen molar-refractivity contribution < 1.29 is 9.53 Å². The van der Waals surface area contributed by atoms with Gasteiger partial charge in [0.2, 0.25) is 0 Å². The Morgan fingerprint density at radius 2 is 1.62 bits per heavy atom. The van der Waals surface area contributed by atoms with Crippen LogP contribution in [0.4, 0.5) is 0 Å². The summed E-state index contributed by atoms with van der Waals surface area (Å²) in [5.74, 6) is 1.08. The minimum Gasteiger partial charge on any atom is -0.462 e. The standard InChI is InChI=1S/C9H18.C5H10O2/c1-2-9-7-5-3-4-6-8-9;1-5(2,3)7-4-6/h9H,2-8H2,1H3;4H,1-3H3. The van der Waals surface area contributed by atoms with Crippen LogP contribution in [0.15, 0.2) is 0 Å². The number of hydrogen-bond acceptors (Lipinski definition) is 2. The van der Waals surface area contributed by atoms with E-state index >= 15 is 0 Å². The van der Waals surface area contributed by atoms with Gasteiger partial charge in [-0.05, 0) is 26.7 Å². The molecular weight excluding hydrogens is 200 g/mol. The molecule has 96 valence electrons. The van der Waals surface area contributed by atoms with E-state index in [2.05, 4.69) is 11.7 Å². The Hall–Kier alpha value is -0.530. The van der Waals surface area contributed by atoms with E-state index < -0.39 is 0 Å². The van der Waals surface area contributed by atoms with Crippen LogP contribution in [-0.2, 0) is 9.53 Å². The molecule has 0 radical (unpaired) electrons. The molecule has 1 aliphatic rings. The van der Waals surface area contributed by atoms with E-state index in [1.807, 2.05) is 20.8 Å². The molecule has 0 bridgehead atoms. The first-order chi connectivity index (χ1) is 7.49. The van der Waals surface area contributed by atoms with E-state index in [1.54, 1.807) is 0 Å². The zero-order valence-corrected chi connectivity index (χ0v) is 11.4. The van der Waals surface area contributed by atoms with Gasteiger partial charge in [0.1, 0.15) is 5.60 Å². The van der Waals surface area contributed by atoms with Crippen LogP contribution in [0.3, 0.4) is 0 Å². The van der Waals surface area contributed by atoms with Gasteiger partial charge in [0.15, 0.2) is 0 Å². The molecule has 1 saturated carbocycles. The lowest BCUT2D eigenvalue weighted by Gasteiger charge is -2.14. The Morgan fingerprint density at radius 1 is 1.12 bits per heavy atom. The Bertz CT molecular complexity index is 162. The number of rotatable bonds is 2. The molecule has 1 rings (SSSR count). The molecule has 0 unspecified atom stereocenters. The van der Waals surface area contributed by atoms with Gasteiger partial charge in [0.25, 0.3) is 6.47 Å². The van der Waals surface area contributed by atoms with Crippen LogP contribution < -0.4 is 0 Å². The zero-order chi connectivity index (χ0) is 12.4. The van der Waals surface area contributed by atoms with Gasteiger partial charge >= 0.3 is 0 Å². The fourth-order valence-corrected chi connectivity index (χ4v) is 1.92. The second-order valence-electron chi connectivity index (χ2n) is 5.59. The van der Waals surface area contributed by atoms with Crippen molar-refractivity contribution in [2.24, 2.45) is 5.92 Å². The second kappa shape index (κ2) is 8.60. The first-order valence-electron chi connectivity index (χ1n) is 6.61. The summed E-state index contributed by atoms with van der Waals surface area (Å²) in [5, 5.41) is 0. The minimum atomic E-state index is -0.318. The molecule has 2 heteroatoms. The van der Waals surface area contributed by atoms with Crippen LogP contribution in [0.5, 0.6) is 0 Å². The fraction of sp³-hybridized carbons (Fsp3) is 0.929. The van der Waals surface area contributed by atoms with Gasteiger partial charge in [-0.15, -0.1) is 0 Å². The third-order valence-electron chi connectivity index (χ3n) is 2.95. The van der Waals surface area contributed by atoms with E-state index in [-0.39, 0.29) is 5.60 Å². The average molecular weight is 228 g/mol. The summed E-state index contributed by atoms with van der Waals surface area (Å²) in [6.07, 6.45) is 10.4. The van der Waals surface area contributed by atoms with E-state index in [1.165, 1.54) is 44.9 Å². The molecule has 0 amide bonds. The topological polar surface area (TPSA) is 26.3 Å². The van der Waals surface area contributed by atoms with Gasteiger partial charge in [-0.1, -0.05) is 51.9 Å². The van der Waals surface area contributed by atoms with Crippen LogP contribution in [0.1, 0.15) is 72.6 Å². The maximum Gasteiger partial charge on any atom is 0.293 e. The summed E-state index contributed by atoms with van der Waals surface area (Å²) in [6.45, 7) is 8.25. The molecule has 0 heterocycles. The monoisotopic (exact) mass is 228 g/mol. The third-order valence-corrected chi connectivity index (χ3v) is 2.95. The number of hydrogen-bond donors (Lipinski definition) is 0. The number of ether oxygens (including phenoxy) is 1. The van der Waals surface area contributed by atoms with Gasteiger partial charge in [0, 0.05) is 0 Å². The highest BCUT2D eigenvalue weighted by molar-refractivity contribution is 5.37. The van der Waals surface area contributed by atoms with E-state index in [0.29, 0.717) is 6.47 Å². The highest BCUT2D eigenvalue weighted by Gasteiger charge is 2.08. The molecule has 0 saturated heterocycles. The van der Waals surface area contributed by atoms with Crippen molar-refractivity contribution >= 4 is 6.47 Å². The summed E-state index contributed by atoms with van der Waals surface area (Å²) in [6, 6.07) is 0. The Balaban J connectivity index is 0.000000293. The van der Waals surface area contributed by atoms with Crippen molar-refractivity contribution in [3.05, 3.63) is 0 Å². The molecule has 1 fully saturated rings. The fourth-order valence-electron chi connectivity index (χ4n) is 1.92. The maximum atomic E-state index is 9.60. The van der Waals surface area contributed by atoms with Crippen LogP contribution in [0, 0.1) is 5.92 Å². The highest BCUT2D eigenvalue weighted by atomic mass is 16.5. The molecule has 0 aromatic rings. The summed E-state index contributed by atoms with van der Waals surface area (Å²) in [7, 11) is 0. The molecule has 0 N–H and O–H groups in total. The summed E-state index contributed by atoms with van der Waals surface area (Å²) < 4.78 is 4.55. The zero-order valence-electron chi connectivity index (χ0n) is 11.4. The quantitative estimate of drug-likeness (QED) is 0.519. The Morgan fingerprint density at radius 3 is 1.88 bits per heavy atom. The molecule has 0 aromatic heterocycles. The van der Waals surface area contributed by atoms with Crippen molar-refractivity contribution in [1.82, 2.24) is 0 Å². The molecule has 1 aliphatic carbocycles. The minimum absolute atomic E-state index is 0.318. The molecule has 0 atom stereocenters. The molecule has 0 aromatic carbocycles. The van der Waals surface area contributed by atoms with Crippen LogP contribution in [-0.4, -0.2) is 12.1 Å². The average Bonchev–Trinajstić information content (AvgIpc) is 2.44. The van der Waals surface area contributed by atoms with Gasteiger partial charge in [0.05, 0.1) is 0 Å². The number of carbonyl (C=O) groups excluding carboxylic acids is 1. The summed E-state index contributed by atoms with van der Waals surface area (Å²) in [5.41, 5.74) is -0.318. The van der Waals surface area contributed by atoms with Crippen LogP contribution in [0.2, 0.25) is 0 Å². The Kier molecular flexibility index (Phi) is 8.32. The van der Waals surface area contributed by atoms with Gasteiger partial charge in [-0.2, -0.15) is 0 Å². The van der Waals surface area contributed by atoms with E-state index in [0.717, 1.165) is 5.92 Å². The smallest absolute Gasteiger partial charge is 0.293 e. The Labute approximate surface area is 101 Å². The van der Waals surface area contributed by atoms with Crippen molar-refractivity contribution in [2.45, 2.75) is 78.2 Å². The van der Waals surface area contributed by atoms with Crippen LogP contribution >= 0.6 is 0 Å². The largest absolute Gasteiger partial charge is 0.462 e. The van der Waals surface area contributed by atoms with Gasteiger partial charge in [-0.25, -0.2) is 0 Å².